The molecule has 0 amide bonds. The monoisotopic (exact) mass is 290 g/mol. The van der Waals surface area contributed by atoms with Gasteiger partial charge in [-0.1, -0.05) is 51.6 Å². The van der Waals surface area contributed by atoms with Crippen LogP contribution in [0, 0.1) is 0 Å². The van der Waals surface area contributed by atoms with Crippen LogP contribution in [0.15, 0.2) is 36.9 Å². The highest BCUT2D eigenvalue weighted by atomic mass is 16.7. The zero-order valence-electron chi connectivity index (χ0n) is 13.5. The zero-order chi connectivity index (χ0) is 15.8. The van der Waals surface area contributed by atoms with Gasteiger partial charge in [0.15, 0.2) is 0 Å². The summed E-state index contributed by atoms with van der Waals surface area (Å²) in [4.78, 5) is 11.3. The van der Waals surface area contributed by atoms with Crippen LogP contribution in [-0.2, 0) is 14.3 Å². The van der Waals surface area contributed by atoms with E-state index in [2.05, 4.69) is 51.6 Å². The molecule has 0 radical (unpaired) electrons. The highest BCUT2D eigenvalue weighted by Crippen LogP contribution is 2.25. The number of rotatable bonds is 8. The molecule has 2 unspecified atom stereocenters. The third kappa shape index (κ3) is 5.72. The van der Waals surface area contributed by atoms with E-state index in [1.54, 1.807) is 0 Å². The first kappa shape index (κ1) is 17.4. The molecule has 3 nitrogen and oxygen atoms in total. The summed E-state index contributed by atoms with van der Waals surface area (Å²) < 4.78 is 10.7. The molecule has 0 aliphatic rings. The standard InChI is InChI=1S/C18H26O3/c1-6-17(19)21-18(20-7-2)11-14(5)16-10-8-9-15(12-16)13(3)4/h6,8-10,12-14,18H,1,7,11H2,2-5H3. The molecule has 0 aliphatic carbocycles. The van der Waals surface area contributed by atoms with E-state index in [1.807, 2.05) is 6.92 Å². The molecule has 116 valence electrons. The first-order chi connectivity index (χ1) is 9.97. The minimum atomic E-state index is -0.529. The van der Waals surface area contributed by atoms with Crippen LogP contribution in [0.5, 0.6) is 0 Å². The highest BCUT2D eigenvalue weighted by molar-refractivity contribution is 5.81. The predicted molar refractivity (Wildman–Crippen MR) is 85.3 cm³/mol. The molecule has 1 rings (SSSR count). The van der Waals surface area contributed by atoms with E-state index in [4.69, 9.17) is 9.47 Å². The van der Waals surface area contributed by atoms with Gasteiger partial charge in [0.05, 0.1) is 0 Å². The van der Waals surface area contributed by atoms with Crippen molar-refractivity contribution in [2.45, 2.75) is 52.2 Å². The maximum atomic E-state index is 11.3. The fourth-order valence-corrected chi connectivity index (χ4v) is 2.16. The molecule has 3 heteroatoms. The minimum Gasteiger partial charge on any atom is -0.433 e. The summed E-state index contributed by atoms with van der Waals surface area (Å²) in [7, 11) is 0. The van der Waals surface area contributed by atoms with Crippen molar-refractivity contribution in [1.82, 2.24) is 0 Å². The van der Waals surface area contributed by atoms with Crippen molar-refractivity contribution in [1.29, 1.82) is 0 Å². The van der Waals surface area contributed by atoms with E-state index in [-0.39, 0.29) is 5.92 Å². The predicted octanol–water partition coefficient (Wildman–Crippen LogP) is 4.40. The summed E-state index contributed by atoms with van der Waals surface area (Å²) >= 11 is 0. The lowest BCUT2D eigenvalue weighted by Crippen LogP contribution is -2.22. The first-order valence-electron chi connectivity index (χ1n) is 7.52. The topological polar surface area (TPSA) is 35.5 Å². The number of carbonyl (C=O) groups excluding carboxylic acids is 1. The lowest BCUT2D eigenvalue weighted by molar-refractivity contribution is -0.174. The molecule has 0 aromatic heterocycles. The second kappa shape index (κ2) is 8.63. The molecule has 0 saturated heterocycles. The maximum absolute atomic E-state index is 11.3. The number of ether oxygens (including phenoxy) is 2. The van der Waals surface area contributed by atoms with Gasteiger partial charge >= 0.3 is 5.97 Å². The number of hydrogen-bond acceptors (Lipinski definition) is 3. The third-order valence-corrected chi connectivity index (χ3v) is 3.46. The maximum Gasteiger partial charge on any atom is 0.332 e. The number of carbonyl (C=O) groups is 1. The Morgan fingerprint density at radius 3 is 2.52 bits per heavy atom. The van der Waals surface area contributed by atoms with E-state index < -0.39 is 12.3 Å². The summed E-state index contributed by atoms with van der Waals surface area (Å²) in [6, 6.07) is 8.54. The summed E-state index contributed by atoms with van der Waals surface area (Å²) in [6.45, 7) is 12.3. The lowest BCUT2D eigenvalue weighted by Gasteiger charge is -2.21. The molecule has 1 aromatic rings. The zero-order valence-corrected chi connectivity index (χ0v) is 13.5. The molecule has 21 heavy (non-hydrogen) atoms. The van der Waals surface area contributed by atoms with Crippen molar-refractivity contribution in [3.8, 4) is 0 Å². The van der Waals surface area contributed by atoms with E-state index in [0.29, 0.717) is 18.9 Å². The Kier molecular flexibility index (Phi) is 7.17. The van der Waals surface area contributed by atoms with Gasteiger partial charge in [0, 0.05) is 19.1 Å². The summed E-state index contributed by atoms with van der Waals surface area (Å²) in [6.07, 6.45) is 1.27. The summed E-state index contributed by atoms with van der Waals surface area (Å²) in [5.41, 5.74) is 2.55. The van der Waals surface area contributed by atoms with Crippen LogP contribution in [0.1, 0.15) is 57.1 Å². The molecule has 0 bridgehead atoms. The molecular formula is C18H26O3. The van der Waals surface area contributed by atoms with E-state index >= 15 is 0 Å². The fourth-order valence-electron chi connectivity index (χ4n) is 2.16. The van der Waals surface area contributed by atoms with Crippen molar-refractivity contribution < 1.29 is 14.3 Å². The van der Waals surface area contributed by atoms with Crippen LogP contribution in [0.2, 0.25) is 0 Å². The molecule has 0 fully saturated rings. The highest BCUT2D eigenvalue weighted by Gasteiger charge is 2.18. The van der Waals surface area contributed by atoms with E-state index in [0.717, 1.165) is 6.08 Å². The molecule has 0 N–H and O–H groups in total. The molecule has 1 aromatic carbocycles. The molecular weight excluding hydrogens is 264 g/mol. The quantitative estimate of drug-likeness (QED) is 0.404. The molecule has 2 atom stereocenters. The SMILES string of the molecule is C=CC(=O)OC(CC(C)c1cccc(C(C)C)c1)OCC. The lowest BCUT2D eigenvalue weighted by atomic mass is 9.93. The fraction of sp³-hybridized carbons (Fsp3) is 0.500. The molecule has 0 heterocycles. The normalized spacial score (nSPS) is 13.8. The Bertz CT molecular complexity index is 465. The average Bonchev–Trinajstić information content (AvgIpc) is 2.47. The van der Waals surface area contributed by atoms with Crippen molar-refractivity contribution in [3.05, 3.63) is 48.0 Å². The van der Waals surface area contributed by atoms with Gasteiger partial charge in [0.1, 0.15) is 0 Å². The third-order valence-electron chi connectivity index (χ3n) is 3.46. The van der Waals surface area contributed by atoms with Gasteiger partial charge in [0.25, 0.3) is 0 Å². The Morgan fingerprint density at radius 2 is 1.95 bits per heavy atom. The smallest absolute Gasteiger partial charge is 0.332 e. The molecule has 0 spiro atoms. The van der Waals surface area contributed by atoms with Crippen LogP contribution in [0.3, 0.4) is 0 Å². The van der Waals surface area contributed by atoms with Crippen molar-refractivity contribution in [3.63, 3.8) is 0 Å². The average molecular weight is 290 g/mol. The van der Waals surface area contributed by atoms with Crippen LogP contribution in [0.25, 0.3) is 0 Å². The molecule has 0 saturated carbocycles. The van der Waals surface area contributed by atoms with E-state index in [1.165, 1.54) is 11.1 Å². The van der Waals surface area contributed by atoms with Crippen molar-refractivity contribution in [2.24, 2.45) is 0 Å². The minimum absolute atomic E-state index is 0.248. The van der Waals surface area contributed by atoms with Gasteiger partial charge in [-0.05, 0) is 29.9 Å². The van der Waals surface area contributed by atoms with E-state index in [9.17, 15) is 4.79 Å². The second-order valence-corrected chi connectivity index (χ2v) is 5.49. The number of hydrogen-bond donors (Lipinski definition) is 0. The van der Waals surface area contributed by atoms with Crippen molar-refractivity contribution in [2.75, 3.05) is 6.61 Å². The second-order valence-electron chi connectivity index (χ2n) is 5.49. The van der Waals surface area contributed by atoms with Crippen LogP contribution < -0.4 is 0 Å². The Hall–Kier alpha value is -1.61. The van der Waals surface area contributed by atoms with Crippen LogP contribution in [0.4, 0.5) is 0 Å². The molecule has 0 aliphatic heterocycles. The summed E-state index contributed by atoms with van der Waals surface area (Å²) in [5, 5.41) is 0. The number of benzene rings is 1. The van der Waals surface area contributed by atoms with Crippen LogP contribution in [-0.4, -0.2) is 18.9 Å². The van der Waals surface area contributed by atoms with Gasteiger partial charge in [-0.15, -0.1) is 0 Å². The van der Waals surface area contributed by atoms with Crippen molar-refractivity contribution >= 4 is 5.97 Å². The Balaban J connectivity index is 2.76. The van der Waals surface area contributed by atoms with Crippen LogP contribution >= 0.6 is 0 Å². The first-order valence-corrected chi connectivity index (χ1v) is 7.52. The van der Waals surface area contributed by atoms with Gasteiger partial charge in [-0.3, -0.25) is 0 Å². The van der Waals surface area contributed by atoms with Gasteiger partial charge in [-0.25, -0.2) is 4.79 Å². The summed E-state index contributed by atoms with van der Waals surface area (Å²) in [5.74, 6) is 0.299. The largest absolute Gasteiger partial charge is 0.433 e. The Morgan fingerprint density at radius 1 is 1.29 bits per heavy atom. The number of esters is 1. The Labute approximate surface area is 128 Å². The van der Waals surface area contributed by atoms with Gasteiger partial charge in [0.2, 0.25) is 6.29 Å². The van der Waals surface area contributed by atoms with Gasteiger partial charge in [-0.2, -0.15) is 0 Å². The van der Waals surface area contributed by atoms with Gasteiger partial charge < -0.3 is 9.47 Å².